The number of benzene rings is 1. The maximum Gasteiger partial charge on any atom is 0.211 e. The molecule has 0 heterocycles. The van der Waals surface area contributed by atoms with Crippen molar-refractivity contribution in [3.63, 3.8) is 0 Å². The van der Waals surface area contributed by atoms with Gasteiger partial charge in [0.25, 0.3) is 0 Å². The van der Waals surface area contributed by atoms with Gasteiger partial charge in [-0.1, -0.05) is 12.2 Å². The Morgan fingerprint density at radius 2 is 2.14 bits per heavy atom. The molecule has 0 spiro atoms. The van der Waals surface area contributed by atoms with E-state index in [0.717, 1.165) is 0 Å². The molecule has 1 amide bonds. The van der Waals surface area contributed by atoms with Gasteiger partial charge >= 0.3 is 0 Å². The molecule has 0 fully saturated rings. The van der Waals surface area contributed by atoms with Crippen LogP contribution in [0.3, 0.4) is 0 Å². The van der Waals surface area contributed by atoms with E-state index >= 15 is 0 Å². The van der Waals surface area contributed by atoms with Crippen molar-refractivity contribution in [2.45, 2.75) is 0 Å². The second-order valence-corrected chi connectivity index (χ2v) is 3.07. The molecular formula is C9H10N2O2S. The highest BCUT2D eigenvalue weighted by Crippen LogP contribution is 2.14. The van der Waals surface area contributed by atoms with Crippen LogP contribution >= 0.6 is 12.2 Å². The van der Waals surface area contributed by atoms with Crippen molar-refractivity contribution in [2.24, 2.45) is 5.73 Å². The van der Waals surface area contributed by atoms with Crippen molar-refractivity contribution in [3.05, 3.63) is 24.3 Å². The number of nitrogens with two attached hydrogens (primary N) is 1. The maximum absolute atomic E-state index is 10.1. The molecular weight excluding hydrogens is 200 g/mol. The summed E-state index contributed by atoms with van der Waals surface area (Å²) < 4.78 is 5.22. The molecule has 0 aliphatic rings. The van der Waals surface area contributed by atoms with Crippen molar-refractivity contribution in [1.29, 1.82) is 0 Å². The summed E-state index contributed by atoms with van der Waals surface area (Å²) in [5.41, 5.74) is 5.98. The van der Waals surface area contributed by atoms with E-state index in [9.17, 15) is 4.79 Å². The van der Waals surface area contributed by atoms with Crippen LogP contribution in [0.1, 0.15) is 0 Å². The lowest BCUT2D eigenvalue weighted by atomic mass is 10.3. The molecule has 0 aliphatic heterocycles. The summed E-state index contributed by atoms with van der Waals surface area (Å²) in [7, 11) is 0. The molecule has 1 aromatic rings. The Kier molecular flexibility index (Phi) is 3.87. The van der Waals surface area contributed by atoms with Gasteiger partial charge in [0.05, 0.1) is 0 Å². The van der Waals surface area contributed by atoms with E-state index in [1.807, 2.05) is 0 Å². The van der Waals surface area contributed by atoms with Gasteiger partial charge in [-0.05, 0) is 24.3 Å². The van der Waals surface area contributed by atoms with E-state index in [0.29, 0.717) is 22.8 Å². The quantitative estimate of drug-likeness (QED) is 0.560. The number of nitrogens with one attached hydrogen (secondary N) is 1. The molecule has 0 bridgehead atoms. The largest absolute Gasteiger partial charge is 0.487 e. The second kappa shape index (κ2) is 5.18. The standard InChI is InChI=1S/C9H10N2O2S/c10-9(14)5-13-8-3-1-7(2-4-8)11-6-12/h1-4,6H,5H2,(H2,10,14)(H,11,12). The zero-order chi connectivity index (χ0) is 10.4. The number of rotatable bonds is 5. The molecule has 5 heteroatoms. The first-order valence-corrected chi connectivity index (χ1v) is 4.34. The normalized spacial score (nSPS) is 9.14. The van der Waals surface area contributed by atoms with Crippen LogP contribution in [0.5, 0.6) is 5.75 Å². The van der Waals surface area contributed by atoms with Gasteiger partial charge in [0.1, 0.15) is 17.3 Å². The zero-order valence-corrected chi connectivity index (χ0v) is 8.21. The predicted octanol–water partition coefficient (Wildman–Crippen LogP) is 0.920. The first-order chi connectivity index (χ1) is 6.72. The molecule has 0 aromatic heterocycles. The van der Waals surface area contributed by atoms with E-state index in [1.54, 1.807) is 24.3 Å². The number of ether oxygens (including phenoxy) is 1. The highest BCUT2D eigenvalue weighted by Gasteiger charge is 1.95. The van der Waals surface area contributed by atoms with E-state index in [-0.39, 0.29) is 6.61 Å². The summed E-state index contributed by atoms with van der Waals surface area (Å²) in [5, 5.41) is 2.51. The van der Waals surface area contributed by atoms with Gasteiger partial charge in [-0.15, -0.1) is 0 Å². The zero-order valence-electron chi connectivity index (χ0n) is 7.40. The predicted molar refractivity (Wildman–Crippen MR) is 58.4 cm³/mol. The molecule has 0 saturated carbocycles. The third-order valence-corrected chi connectivity index (χ3v) is 1.58. The van der Waals surface area contributed by atoms with Gasteiger partial charge in [-0.3, -0.25) is 4.79 Å². The summed E-state index contributed by atoms with van der Waals surface area (Å²) >= 11 is 4.66. The average molecular weight is 210 g/mol. The number of hydrogen-bond acceptors (Lipinski definition) is 3. The molecule has 0 radical (unpaired) electrons. The first kappa shape index (κ1) is 10.5. The minimum atomic E-state index is 0.218. The van der Waals surface area contributed by atoms with Crippen LogP contribution in [0.2, 0.25) is 0 Å². The second-order valence-electron chi connectivity index (χ2n) is 2.54. The highest BCUT2D eigenvalue weighted by molar-refractivity contribution is 7.80. The van der Waals surface area contributed by atoms with Crippen molar-refractivity contribution >= 4 is 29.3 Å². The fourth-order valence-corrected chi connectivity index (χ4v) is 0.929. The Balaban J connectivity index is 2.54. The average Bonchev–Trinajstić information content (AvgIpc) is 2.17. The lowest BCUT2D eigenvalue weighted by Gasteiger charge is -2.05. The van der Waals surface area contributed by atoms with E-state index < -0.39 is 0 Å². The van der Waals surface area contributed by atoms with Crippen LogP contribution in [-0.2, 0) is 4.79 Å². The summed E-state index contributed by atoms with van der Waals surface area (Å²) in [4.78, 5) is 10.4. The molecule has 0 aliphatic carbocycles. The number of thiocarbonyl (C=S) groups is 1. The van der Waals surface area contributed by atoms with Crippen molar-refractivity contribution in [1.82, 2.24) is 0 Å². The molecule has 0 atom stereocenters. The smallest absolute Gasteiger partial charge is 0.211 e. The number of carbonyl (C=O) groups excluding carboxylic acids is 1. The molecule has 4 nitrogen and oxygen atoms in total. The molecule has 0 saturated heterocycles. The number of anilines is 1. The minimum absolute atomic E-state index is 0.218. The fraction of sp³-hybridized carbons (Fsp3) is 0.111. The topological polar surface area (TPSA) is 64.3 Å². The Morgan fingerprint density at radius 3 is 2.64 bits per heavy atom. The van der Waals surface area contributed by atoms with Crippen LogP contribution < -0.4 is 15.8 Å². The fourth-order valence-electron chi connectivity index (χ4n) is 0.870. The summed E-state index contributed by atoms with van der Waals surface area (Å²) in [5.74, 6) is 0.661. The Bertz CT molecular complexity index is 324. The summed E-state index contributed by atoms with van der Waals surface area (Å²) in [6.07, 6.45) is 0.616. The number of hydrogen-bond donors (Lipinski definition) is 2. The third kappa shape index (κ3) is 3.40. The van der Waals surface area contributed by atoms with Gasteiger partial charge in [-0.2, -0.15) is 0 Å². The lowest BCUT2D eigenvalue weighted by Crippen LogP contribution is -2.17. The van der Waals surface area contributed by atoms with Crippen molar-refractivity contribution in [2.75, 3.05) is 11.9 Å². The van der Waals surface area contributed by atoms with Gasteiger partial charge in [0.15, 0.2) is 0 Å². The Hall–Kier alpha value is -1.62. The van der Waals surface area contributed by atoms with Crippen LogP contribution in [0.15, 0.2) is 24.3 Å². The van der Waals surface area contributed by atoms with Crippen LogP contribution in [0.4, 0.5) is 5.69 Å². The molecule has 74 valence electrons. The third-order valence-electron chi connectivity index (χ3n) is 1.46. The van der Waals surface area contributed by atoms with Crippen LogP contribution in [0, 0.1) is 0 Å². The maximum atomic E-state index is 10.1. The SMILES string of the molecule is NC(=S)COc1ccc(NC=O)cc1. The first-order valence-electron chi connectivity index (χ1n) is 3.93. The Morgan fingerprint density at radius 1 is 1.50 bits per heavy atom. The Labute approximate surface area is 87.0 Å². The van der Waals surface area contributed by atoms with E-state index in [1.165, 1.54) is 0 Å². The molecule has 1 aromatic carbocycles. The van der Waals surface area contributed by atoms with Crippen molar-refractivity contribution in [3.8, 4) is 5.75 Å². The van der Waals surface area contributed by atoms with Gasteiger partial charge in [-0.25, -0.2) is 0 Å². The highest BCUT2D eigenvalue weighted by atomic mass is 32.1. The number of amides is 1. The summed E-state index contributed by atoms with van der Waals surface area (Å²) in [6, 6.07) is 6.90. The van der Waals surface area contributed by atoms with Crippen LogP contribution in [-0.4, -0.2) is 18.0 Å². The minimum Gasteiger partial charge on any atom is -0.487 e. The molecule has 1 rings (SSSR count). The molecule has 0 unspecified atom stereocenters. The molecule has 14 heavy (non-hydrogen) atoms. The lowest BCUT2D eigenvalue weighted by molar-refractivity contribution is -0.105. The van der Waals surface area contributed by atoms with E-state index in [2.05, 4.69) is 17.5 Å². The molecule has 3 N–H and O–H groups in total. The van der Waals surface area contributed by atoms with E-state index in [4.69, 9.17) is 10.5 Å². The van der Waals surface area contributed by atoms with Crippen molar-refractivity contribution < 1.29 is 9.53 Å². The summed E-state index contributed by atoms with van der Waals surface area (Å²) in [6.45, 7) is 0.218. The van der Waals surface area contributed by atoms with Crippen LogP contribution in [0.25, 0.3) is 0 Å². The van der Waals surface area contributed by atoms with Gasteiger partial charge < -0.3 is 15.8 Å². The van der Waals surface area contributed by atoms with Gasteiger partial charge in [0.2, 0.25) is 6.41 Å². The monoisotopic (exact) mass is 210 g/mol. The number of carbonyl (C=O) groups is 1. The van der Waals surface area contributed by atoms with Gasteiger partial charge in [0, 0.05) is 5.69 Å².